The largest absolute Gasteiger partial charge is 0.306 e. The third kappa shape index (κ3) is 2.48. The molecule has 0 aromatic heterocycles. The zero-order valence-electron chi connectivity index (χ0n) is 11.8. The summed E-state index contributed by atoms with van der Waals surface area (Å²) in [5.41, 5.74) is 4.78. The second-order valence-electron chi connectivity index (χ2n) is 5.39. The van der Waals surface area contributed by atoms with E-state index >= 15 is 0 Å². The van der Waals surface area contributed by atoms with Crippen LogP contribution in [0.15, 0.2) is 42.5 Å². The van der Waals surface area contributed by atoms with Crippen molar-refractivity contribution >= 4 is 0 Å². The minimum absolute atomic E-state index is 0.0629. The highest BCUT2D eigenvalue weighted by Crippen LogP contribution is 2.29. The fourth-order valence-electron chi connectivity index (χ4n) is 3.09. The molecule has 2 heteroatoms. The Morgan fingerprint density at radius 2 is 1.90 bits per heavy atom. The number of nitrogens with one attached hydrogen (secondary N) is 1. The Balaban J connectivity index is 2.01. The van der Waals surface area contributed by atoms with Gasteiger partial charge in [-0.2, -0.15) is 0 Å². The lowest BCUT2D eigenvalue weighted by molar-refractivity contribution is 0.559. The lowest BCUT2D eigenvalue weighted by Gasteiger charge is -2.20. The van der Waals surface area contributed by atoms with Gasteiger partial charge in [-0.15, -0.1) is 0 Å². The van der Waals surface area contributed by atoms with Crippen molar-refractivity contribution in [1.82, 2.24) is 5.32 Å². The third-order valence-electron chi connectivity index (χ3n) is 4.08. The molecule has 1 nitrogen and oxygen atoms in total. The SMILES string of the molecule is CCNC(c1ccc2c(c1)CCC2)c1ccccc1F. The Hall–Kier alpha value is -1.67. The lowest BCUT2D eigenvalue weighted by atomic mass is 9.95. The van der Waals surface area contributed by atoms with Gasteiger partial charge in [0.25, 0.3) is 0 Å². The van der Waals surface area contributed by atoms with Crippen molar-refractivity contribution in [2.75, 3.05) is 6.54 Å². The van der Waals surface area contributed by atoms with Crippen LogP contribution in [0.2, 0.25) is 0 Å². The van der Waals surface area contributed by atoms with Crippen molar-refractivity contribution in [3.05, 3.63) is 70.5 Å². The molecule has 20 heavy (non-hydrogen) atoms. The van der Waals surface area contributed by atoms with Gasteiger partial charge in [-0.05, 0) is 48.6 Å². The van der Waals surface area contributed by atoms with Crippen LogP contribution in [0.4, 0.5) is 4.39 Å². The molecule has 1 aliphatic carbocycles. The van der Waals surface area contributed by atoms with Crippen LogP contribution in [0.25, 0.3) is 0 Å². The van der Waals surface area contributed by atoms with Crippen molar-refractivity contribution in [2.24, 2.45) is 0 Å². The maximum absolute atomic E-state index is 14.1. The van der Waals surface area contributed by atoms with Crippen LogP contribution in [-0.4, -0.2) is 6.54 Å². The predicted octanol–water partition coefficient (Wildman–Crippen LogP) is 4.01. The molecule has 0 saturated heterocycles. The molecule has 1 atom stereocenters. The zero-order chi connectivity index (χ0) is 13.9. The Morgan fingerprint density at radius 3 is 2.70 bits per heavy atom. The smallest absolute Gasteiger partial charge is 0.128 e. The van der Waals surface area contributed by atoms with E-state index in [1.165, 1.54) is 30.0 Å². The van der Waals surface area contributed by atoms with Crippen LogP contribution in [0.1, 0.15) is 41.6 Å². The first kappa shape index (κ1) is 13.3. The van der Waals surface area contributed by atoms with Crippen molar-refractivity contribution in [1.29, 1.82) is 0 Å². The molecule has 1 N–H and O–H groups in total. The number of fused-ring (bicyclic) bond motifs is 1. The maximum atomic E-state index is 14.1. The van der Waals surface area contributed by atoms with Gasteiger partial charge in [-0.1, -0.05) is 43.3 Å². The number of hydrogen-bond acceptors (Lipinski definition) is 1. The van der Waals surface area contributed by atoms with Crippen LogP contribution in [-0.2, 0) is 12.8 Å². The summed E-state index contributed by atoms with van der Waals surface area (Å²) in [6.07, 6.45) is 3.57. The molecule has 2 aromatic carbocycles. The van der Waals surface area contributed by atoms with Crippen molar-refractivity contribution in [3.63, 3.8) is 0 Å². The molecule has 0 spiro atoms. The summed E-state index contributed by atoms with van der Waals surface area (Å²) in [5, 5.41) is 3.41. The molecule has 2 aromatic rings. The van der Waals surface area contributed by atoms with Crippen molar-refractivity contribution in [3.8, 4) is 0 Å². The van der Waals surface area contributed by atoms with Gasteiger partial charge in [0.05, 0.1) is 6.04 Å². The number of aryl methyl sites for hydroxylation is 2. The second kappa shape index (κ2) is 5.76. The molecule has 0 saturated carbocycles. The molecule has 1 unspecified atom stereocenters. The monoisotopic (exact) mass is 269 g/mol. The van der Waals surface area contributed by atoms with Crippen LogP contribution in [0, 0.1) is 5.82 Å². The molecule has 1 aliphatic rings. The minimum atomic E-state index is -0.140. The maximum Gasteiger partial charge on any atom is 0.128 e. The van der Waals surface area contributed by atoms with Gasteiger partial charge in [0.1, 0.15) is 5.82 Å². The summed E-state index contributed by atoms with van der Waals surface area (Å²) in [4.78, 5) is 0. The lowest BCUT2D eigenvalue weighted by Crippen LogP contribution is -2.23. The first-order valence-corrected chi connectivity index (χ1v) is 7.39. The van der Waals surface area contributed by atoms with Gasteiger partial charge >= 0.3 is 0 Å². The Morgan fingerprint density at radius 1 is 1.10 bits per heavy atom. The van der Waals surface area contributed by atoms with E-state index in [-0.39, 0.29) is 11.9 Å². The van der Waals surface area contributed by atoms with Gasteiger partial charge in [-0.3, -0.25) is 0 Å². The molecular weight excluding hydrogens is 249 g/mol. The summed E-state index contributed by atoms with van der Waals surface area (Å²) in [6, 6.07) is 13.6. The highest BCUT2D eigenvalue weighted by atomic mass is 19.1. The molecular formula is C18H20FN. The molecule has 0 bridgehead atoms. The van der Waals surface area contributed by atoms with E-state index in [1.807, 2.05) is 12.1 Å². The van der Waals surface area contributed by atoms with Crippen LogP contribution in [0.3, 0.4) is 0 Å². The quantitative estimate of drug-likeness (QED) is 0.884. The fraction of sp³-hybridized carbons (Fsp3) is 0.333. The van der Waals surface area contributed by atoms with E-state index in [9.17, 15) is 4.39 Å². The standard InChI is InChI=1S/C18H20FN/c1-2-20-18(16-8-3-4-9-17(16)19)15-11-10-13-6-5-7-14(13)12-15/h3-4,8-12,18,20H,2,5-7H2,1H3. The average Bonchev–Trinajstić information content (AvgIpc) is 2.93. The first-order chi connectivity index (χ1) is 9.79. The third-order valence-corrected chi connectivity index (χ3v) is 4.08. The van der Waals surface area contributed by atoms with E-state index < -0.39 is 0 Å². The van der Waals surface area contributed by atoms with E-state index in [0.29, 0.717) is 0 Å². The van der Waals surface area contributed by atoms with Gasteiger partial charge in [0, 0.05) is 5.56 Å². The Bertz CT molecular complexity index is 606. The van der Waals surface area contributed by atoms with Crippen molar-refractivity contribution in [2.45, 2.75) is 32.2 Å². The average molecular weight is 269 g/mol. The van der Waals surface area contributed by atoms with Gasteiger partial charge < -0.3 is 5.32 Å². The fourth-order valence-corrected chi connectivity index (χ4v) is 3.09. The molecule has 104 valence electrons. The summed E-state index contributed by atoms with van der Waals surface area (Å²) in [7, 11) is 0. The summed E-state index contributed by atoms with van der Waals surface area (Å²) in [5.74, 6) is -0.140. The number of hydrogen-bond donors (Lipinski definition) is 1. The van der Waals surface area contributed by atoms with Gasteiger partial charge in [0.2, 0.25) is 0 Å². The number of benzene rings is 2. The Labute approximate surface area is 119 Å². The van der Waals surface area contributed by atoms with Crippen molar-refractivity contribution < 1.29 is 4.39 Å². The molecule has 3 rings (SSSR count). The van der Waals surface area contributed by atoms with Crippen LogP contribution < -0.4 is 5.32 Å². The number of rotatable bonds is 4. The summed E-state index contributed by atoms with van der Waals surface area (Å²) in [6.45, 7) is 2.87. The first-order valence-electron chi connectivity index (χ1n) is 7.39. The minimum Gasteiger partial charge on any atom is -0.306 e. The highest BCUT2D eigenvalue weighted by molar-refractivity contribution is 5.40. The molecule has 0 fully saturated rings. The van der Waals surface area contributed by atoms with Gasteiger partial charge in [0.15, 0.2) is 0 Å². The zero-order valence-corrected chi connectivity index (χ0v) is 11.8. The van der Waals surface area contributed by atoms with Gasteiger partial charge in [-0.25, -0.2) is 4.39 Å². The predicted molar refractivity (Wildman–Crippen MR) is 80.4 cm³/mol. The molecule has 0 radical (unpaired) electrons. The van der Waals surface area contributed by atoms with Crippen LogP contribution >= 0.6 is 0 Å². The molecule has 0 heterocycles. The van der Waals surface area contributed by atoms with E-state index in [1.54, 1.807) is 6.07 Å². The molecule has 0 amide bonds. The summed E-state index contributed by atoms with van der Waals surface area (Å²) >= 11 is 0. The van der Waals surface area contributed by atoms with E-state index in [0.717, 1.165) is 24.1 Å². The normalized spacial score (nSPS) is 15.1. The van der Waals surface area contributed by atoms with E-state index in [2.05, 4.69) is 30.4 Å². The molecule has 0 aliphatic heterocycles. The van der Waals surface area contributed by atoms with Crippen LogP contribution in [0.5, 0.6) is 0 Å². The topological polar surface area (TPSA) is 12.0 Å². The number of halogens is 1. The second-order valence-corrected chi connectivity index (χ2v) is 5.39. The summed E-state index contributed by atoms with van der Waals surface area (Å²) < 4.78 is 14.1. The highest BCUT2D eigenvalue weighted by Gasteiger charge is 2.19. The van der Waals surface area contributed by atoms with E-state index in [4.69, 9.17) is 0 Å². The Kier molecular flexibility index (Phi) is 3.83.